The highest BCUT2D eigenvalue weighted by Crippen LogP contribution is 2.18. The third kappa shape index (κ3) is 46.1. The van der Waals surface area contributed by atoms with Crippen LogP contribution in [-0.2, 0) is 4.79 Å². The molecule has 0 aliphatic rings. The molecule has 0 aliphatic carbocycles. The number of aliphatic hydroxyl groups excluding tert-OH is 2. The van der Waals surface area contributed by atoms with Gasteiger partial charge in [0.1, 0.15) is 0 Å². The van der Waals surface area contributed by atoms with Gasteiger partial charge in [-0.25, -0.2) is 0 Å². The van der Waals surface area contributed by atoms with Crippen molar-refractivity contribution in [2.75, 3.05) is 6.61 Å². The molecule has 2 unspecified atom stereocenters. The lowest BCUT2D eigenvalue weighted by atomic mass is 10.0. The molecule has 3 N–H and O–H groups in total. The maximum atomic E-state index is 12.4. The number of rotatable bonds is 49. The number of nitrogens with one attached hydrogen (secondary N) is 1. The Balaban J connectivity index is 3.38. The molecule has 0 radical (unpaired) electrons. The van der Waals surface area contributed by atoms with Crippen molar-refractivity contribution >= 4 is 5.91 Å². The fourth-order valence-corrected chi connectivity index (χ4v) is 8.48. The van der Waals surface area contributed by atoms with Crippen molar-refractivity contribution in [3.8, 4) is 0 Å². The number of hydrogen-bond acceptors (Lipinski definition) is 3. The Morgan fingerprint density at radius 2 is 0.649 bits per heavy atom. The molecular formula is C53H105NO3. The van der Waals surface area contributed by atoms with Gasteiger partial charge in [-0.05, 0) is 19.3 Å². The van der Waals surface area contributed by atoms with E-state index < -0.39 is 12.1 Å². The third-order valence-corrected chi connectivity index (χ3v) is 12.5. The van der Waals surface area contributed by atoms with Crippen molar-refractivity contribution in [3.63, 3.8) is 0 Å². The minimum atomic E-state index is -0.833. The van der Waals surface area contributed by atoms with Crippen molar-refractivity contribution in [2.24, 2.45) is 0 Å². The zero-order valence-corrected chi connectivity index (χ0v) is 39.1. The summed E-state index contributed by atoms with van der Waals surface area (Å²) in [7, 11) is 0. The fourth-order valence-electron chi connectivity index (χ4n) is 8.48. The Bertz CT molecular complexity index is 784. The van der Waals surface area contributed by atoms with Crippen molar-refractivity contribution in [3.05, 3.63) is 12.2 Å². The molecule has 1 amide bonds. The average molecular weight is 804 g/mol. The highest BCUT2D eigenvalue weighted by atomic mass is 16.3. The van der Waals surface area contributed by atoms with Crippen LogP contribution in [0.25, 0.3) is 0 Å². The van der Waals surface area contributed by atoms with Gasteiger partial charge < -0.3 is 15.5 Å². The van der Waals surface area contributed by atoms with Gasteiger partial charge in [-0.2, -0.15) is 0 Å². The molecule has 2 atom stereocenters. The van der Waals surface area contributed by atoms with Crippen LogP contribution in [0.3, 0.4) is 0 Å². The maximum absolute atomic E-state index is 12.4. The minimum absolute atomic E-state index is 0.0579. The van der Waals surface area contributed by atoms with E-state index >= 15 is 0 Å². The van der Waals surface area contributed by atoms with Crippen LogP contribution in [-0.4, -0.2) is 34.9 Å². The number of carbonyl (C=O) groups excluding carboxylic acids is 1. The van der Waals surface area contributed by atoms with Gasteiger partial charge in [0.05, 0.1) is 18.8 Å². The Morgan fingerprint density at radius 3 is 0.912 bits per heavy atom. The van der Waals surface area contributed by atoms with Crippen molar-refractivity contribution in [1.82, 2.24) is 5.32 Å². The van der Waals surface area contributed by atoms with Crippen molar-refractivity contribution in [1.29, 1.82) is 0 Å². The first-order valence-corrected chi connectivity index (χ1v) is 26.4. The first kappa shape index (κ1) is 56.1. The molecule has 0 heterocycles. The lowest BCUT2D eigenvalue weighted by molar-refractivity contribution is -0.123. The van der Waals surface area contributed by atoms with E-state index in [9.17, 15) is 15.0 Å². The molecule has 0 spiro atoms. The fraction of sp³-hybridized carbons (Fsp3) is 0.943. The summed E-state index contributed by atoms with van der Waals surface area (Å²) in [4.78, 5) is 12.4. The lowest BCUT2D eigenvalue weighted by Gasteiger charge is -2.20. The Morgan fingerprint density at radius 1 is 0.404 bits per heavy atom. The summed E-state index contributed by atoms with van der Waals surface area (Å²) in [5, 5.41) is 23.0. The van der Waals surface area contributed by atoms with Gasteiger partial charge in [0, 0.05) is 6.42 Å². The number of aliphatic hydroxyl groups is 2. The van der Waals surface area contributed by atoms with Crippen LogP contribution < -0.4 is 5.32 Å². The molecule has 0 fully saturated rings. The number of unbranched alkanes of at least 4 members (excludes halogenated alkanes) is 42. The van der Waals surface area contributed by atoms with Crippen LogP contribution in [0, 0.1) is 0 Å². The molecular weight excluding hydrogens is 699 g/mol. The van der Waals surface area contributed by atoms with Crippen LogP contribution >= 0.6 is 0 Å². The van der Waals surface area contributed by atoms with Gasteiger partial charge in [0.2, 0.25) is 5.91 Å². The molecule has 0 saturated carbocycles. The second-order valence-corrected chi connectivity index (χ2v) is 18.3. The monoisotopic (exact) mass is 804 g/mol. The summed E-state index contributed by atoms with van der Waals surface area (Å²) in [5.41, 5.74) is 0. The maximum Gasteiger partial charge on any atom is 0.220 e. The summed E-state index contributed by atoms with van der Waals surface area (Å²) >= 11 is 0. The molecule has 0 rings (SSSR count). The summed E-state index contributed by atoms with van der Waals surface area (Å²) in [6.07, 6.45) is 63.7. The van der Waals surface area contributed by atoms with Crippen LogP contribution in [0.4, 0.5) is 0 Å². The summed E-state index contributed by atoms with van der Waals surface area (Å²) in [6.45, 7) is 4.33. The third-order valence-electron chi connectivity index (χ3n) is 12.5. The highest BCUT2D eigenvalue weighted by molar-refractivity contribution is 5.76. The van der Waals surface area contributed by atoms with Gasteiger partial charge in [-0.15, -0.1) is 0 Å². The van der Waals surface area contributed by atoms with Crippen LogP contribution in [0.2, 0.25) is 0 Å². The van der Waals surface area contributed by atoms with Crippen molar-refractivity contribution in [2.45, 2.75) is 315 Å². The topological polar surface area (TPSA) is 69.6 Å². The van der Waals surface area contributed by atoms with Crippen molar-refractivity contribution < 1.29 is 15.0 Å². The Labute approximate surface area is 358 Å². The predicted octanol–water partition coefficient (Wildman–Crippen LogP) is 17.0. The molecule has 0 bridgehead atoms. The highest BCUT2D eigenvalue weighted by Gasteiger charge is 2.18. The zero-order valence-electron chi connectivity index (χ0n) is 39.1. The summed E-state index contributed by atoms with van der Waals surface area (Å²) in [5.74, 6) is -0.0579. The first-order valence-electron chi connectivity index (χ1n) is 26.4. The van der Waals surface area contributed by atoms with E-state index in [2.05, 4.69) is 19.2 Å². The van der Waals surface area contributed by atoms with E-state index in [0.29, 0.717) is 6.42 Å². The predicted molar refractivity (Wildman–Crippen MR) is 253 cm³/mol. The second kappa shape index (κ2) is 49.5. The molecule has 0 aromatic heterocycles. The molecule has 0 aromatic rings. The largest absolute Gasteiger partial charge is 0.394 e. The van der Waals surface area contributed by atoms with Crippen LogP contribution in [0.15, 0.2) is 12.2 Å². The molecule has 340 valence electrons. The van der Waals surface area contributed by atoms with E-state index in [1.165, 1.54) is 257 Å². The molecule has 4 nitrogen and oxygen atoms in total. The lowest BCUT2D eigenvalue weighted by Crippen LogP contribution is -2.45. The number of amides is 1. The average Bonchev–Trinajstić information content (AvgIpc) is 3.22. The normalized spacial score (nSPS) is 12.8. The Kier molecular flexibility index (Phi) is 48.7. The molecule has 0 aliphatic heterocycles. The molecule has 0 saturated heterocycles. The van der Waals surface area contributed by atoms with Gasteiger partial charge >= 0.3 is 0 Å². The minimum Gasteiger partial charge on any atom is -0.394 e. The SMILES string of the molecule is CCCCCCCCCCCCC/C=C/C(O)C(CO)NC(=O)CCCCCCCCCCCCCCCCCCCCCCCCCCCCCCCCCC. The zero-order chi connectivity index (χ0) is 41.4. The van der Waals surface area contributed by atoms with E-state index in [4.69, 9.17) is 0 Å². The summed E-state index contributed by atoms with van der Waals surface area (Å²) in [6, 6.07) is -0.616. The van der Waals surface area contributed by atoms with Crippen LogP contribution in [0.5, 0.6) is 0 Å². The van der Waals surface area contributed by atoms with Gasteiger partial charge in [-0.3, -0.25) is 4.79 Å². The van der Waals surface area contributed by atoms with Gasteiger partial charge in [0.25, 0.3) is 0 Å². The smallest absolute Gasteiger partial charge is 0.220 e. The van der Waals surface area contributed by atoms with Crippen LogP contribution in [0.1, 0.15) is 303 Å². The quantitative estimate of drug-likeness (QED) is 0.0424. The number of hydrogen-bond donors (Lipinski definition) is 3. The summed E-state index contributed by atoms with van der Waals surface area (Å²) < 4.78 is 0. The van der Waals surface area contributed by atoms with E-state index in [1.807, 2.05) is 6.08 Å². The van der Waals surface area contributed by atoms with E-state index in [1.54, 1.807) is 6.08 Å². The van der Waals surface area contributed by atoms with Gasteiger partial charge in [-0.1, -0.05) is 289 Å². The van der Waals surface area contributed by atoms with E-state index in [-0.39, 0.29) is 12.5 Å². The van der Waals surface area contributed by atoms with E-state index in [0.717, 1.165) is 25.7 Å². The molecule has 0 aromatic carbocycles. The van der Waals surface area contributed by atoms with Gasteiger partial charge in [0.15, 0.2) is 0 Å². The Hall–Kier alpha value is -0.870. The molecule has 57 heavy (non-hydrogen) atoms. The second-order valence-electron chi connectivity index (χ2n) is 18.3. The number of allylic oxidation sites excluding steroid dienone is 1. The molecule has 4 heteroatoms. The number of carbonyl (C=O) groups is 1. The first-order chi connectivity index (χ1) is 28.2. The standard InChI is InChI=1S/C53H105NO3/c1-3-5-7-9-11-13-15-17-18-19-20-21-22-23-24-25-26-27-28-29-30-31-32-33-34-35-37-39-41-43-45-47-49-53(57)54-51(50-55)52(56)48-46-44-42-40-38-36-16-14-12-10-8-6-4-2/h46,48,51-52,55-56H,3-45,47,49-50H2,1-2H3,(H,54,57)/b48-46+.